The summed E-state index contributed by atoms with van der Waals surface area (Å²) in [6.45, 7) is 11.2. The van der Waals surface area contributed by atoms with Crippen LogP contribution in [0.2, 0.25) is 0 Å². The molecule has 0 aromatic heterocycles. The second-order valence-corrected chi connectivity index (χ2v) is 20.4. The highest BCUT2D eigenvalue weighted by molar-refractivity contribution is 5.91. The van der Waals surface area contributed by atoms with E-state index in [2.05, 4.69) is 15.5 Å². The lowest BCUT2D eigenvalue weighted by molar-refractivity contribution is -0.385. The summed E-state index contributed by atoms with van der Waals surface area (Å²) >= 11 is 0. The molecule has 3 unspecified atom stereocenters. The zero-order valence-electron chi connectivity index (χ0n) is 43.9. The maximum Gasteiger partial charge on any atom is 0.328 e. The van der Waals surface area contributed by atoms with Crippen LogP contribution in [-0.4, -0.2) is 152 Å². The maximum absolute atomic E-state index is 14.7. The highest BCUT2D eigenvalue weighted by Crippen LogP contribution is 2.43. The number of esters is 1. The van der Waals surface area contributed by atoms with Gasteiger partial charge in [-0.1, -0.05) is 84.2 Å². The number of aldehydes is 1. The van der Waals surface area contributed by atoms with Crippen molar-refractivity contribution in [1.82, 2.24) is 25.3 Å². The Hall–Kier alpha value is -5.46. The molecule has 2 aliphatic heterocycles. The number of hydrogen-bond donors (Lipinski definition) is 2. The number of nitrogens with one attached hydrogen (secondary N) is 2. The van der Waals surface area contributed by atoms with Gasteiger partial charge in [0.05, 0.1) is 72.9 Å². The molecule has 2 aromatic rings. The van der Waals surface area contributed by atoms with Crippen LogP contribution in [0.1, 0.15) is 121 Å². The topological polar surface area (TPSA) is 216 Å². The largest absolute Gasteiger partial charge is 0.493 e. The summed E-state index contributed by atoms with van der Waals surface area (Å²) in [5, 5.41) is 17.4. The van der Waals surface area contributed by atoms with Gasteiger partial charge in [0, 0.05) is 40.3 Å². The highest BCUT2D eigenvalue weighted by Gasteiger charge is 2.50. The number of fused-ring (bicyclic) bond motifs is 2. The predicted molar refractivity (Wildman–Crippen MR) is 271 cm³/mol. The molecule has 4 amide bonds. The number of benzene rings is 2. The van der Waals surface area contributed by atoms with Gasteiger partial charge in [0.1, 0.15) is 17.8 Å². The van der Waals surface area contributed by atoms with E-state index in [1.165, 1.54) is 26.4 Å². The number of likely N-dealkylation sites (N-methyl/N-ethyl adjacent to an activating group) is 1. The van der Waals surface area contributed by atoms with Crippen molar-refractivity contribution in [1.29, 1.82) is 0 Å². The van der Waals surface area contributed by atoms with Crippen molar-refractivity contribution in [2.24, 2.45) is 23.7 Å². The quantitative estimate of drug-likeness (QED) is 0.0307. The molecule has 1 aliphatic carbocycles. The minimum atomic E-state index is -0.913. The number of likely N-dealkylation sites (tertiary alicyclic amines) is 2. The predicted octanol–water partition coefficient (Wildman–Crippen LogP) is 6.16. The van der Waals surface area contributed by atoms with Gasteiger partial charge in [-0.05, 0) is 86.9 Å². The number of methoxy groups -OCH3 is 3. The molecule has 18 nitrogen and oxygen atoms in total. The van der Waals surface area contributed by atoms with Crippen molar-refractivity contribution in [2.75, 3.05) is 48.1 Å². The molecular weight excluding hydrogens is 925 g/mol. The van der Waals surface area contributed by atoms with Gasteiger partial charge in [-0.15, -0.1) is 0 Å². The molecule has 11 atom stereocenters. The minimum Gasteiger partial charge on any atom is -0.493 e. The van der Waals surface area contributed by atoms with Gasteiger partial charge in [0.25, 0.3) is 5.69 Å². The van der Waals surface area contributed by atoms with E-state index in [0.717, 1.165) is 57.1 Å². The van der Waals surface area contributed by atoms with E-state index in [9.17, 15) is 38.9 Å². The zero-order chi connectivity index (χ0) is 52.6. The van der Waals surface area contributed by atoms with Crippen molar-refractivity contribution < 1.29 is 52.6 Å². The van der Waals surface area contributed by atoms with Crippen molar-refractivity contribution in [2.45, 2.75) is 160 Å². The van der Waals surface area contributed by atoms with Crippen molar-refractivity contribution >= 4 is 41.6 Å². The summed E-state index contributed by atoms with van der Waals surface area (Å²) in [6.07, 6.45) is 7.67. The lowest BCUT2D eigenvalue weighted by atomic mass is 9.89. The fourth-order valence-electron chi connectivity index (χ4n) is 11.3. The molecule has 2 heterocycles. The number of nitrogens with zero attached hydrogens (tertiary/aromatic N) is 4. The van der Waals surface area contributed by atoms with Gasteiger partial charge >= 0.3 is 5.97 Å². The van der Waals surface area contributed by atoms with Crippen LogP contribution in [0.5, 0.6) is 5.75 Å². The van der Waals surface area contributed by atoms with E-state index in [1.54, 1.807) is 36.9 Å². The molecule has 0 spiro atoms. The van der Waals surface area contributed by atoms with E-state index in [1.807, 2.05) is 58.0 Å². The number of amides is 4. The second-order valence-electron chi connectivity index (χ2n) is 20.4. The number of rotatable bonds is 29. The fraction of sp³-hybridized carbons (Fsp3) is 0.667. The normalized spacial score (nSPS) is 21.5. The summed E-state index contributed by atoms with van der Waals surface area (Å²) in [6, 6.07) is 10.9. The molecule has 398 valence electrons. The van der Waals surface area contributed by atoms with Gasteiger partial charge in [-0.25, -0.2) is 4.79 Å². The summed E-state index contributed by atoms with van der Waals surface area (Å²) in [4.78, 5) is 97.8. The lowest BCUT2D eigenvalue weighted by Crippen LogP contribution is -2.60. The first-order valence-electron chi connectivity index (χ1n) is 26.0. The summed E-state index contributed by atoms with van der Waals surface area (Å²) < 4.78 is 22.9. The standard InChI is InChI=1S/C54H80N6O12/c1-10-35(4)48(45(69-7)32-46(62)59-27-18-21-43(59)50(70-8)36(5)51(63)55-42(54(66)71-9)29-37-19-14-13-15-20-37)57(6)53(65)47(34(2)3)56-52(64)49-38-22-24-40(30-38)58(49)26-16-11-12-17-28-72-41-25-23-39(33-61)44(31-41)60(67)68/h13-15,19-20,23,25,31,33-36,38,40,42-43,45,47-50H,10-12,16-18,21-22,24,26-30,32H2,1-9H3,(H,55,63)(H,56,64)/t35-,36+,38-,40+,42?,43?,45+,47?,48-,49-,50+/m0/s1. The molecule has 72 heavy (non-hydrogen) atoms. The third-order valence-electron chi connectivity index (χ3n) is 15.5. The number of piperidine rings is 1. The Bertz CT molecular complexity index is 2140. The Morgan fingerprint density at radius 3 is 2.29 bits per heavy atom. The Balaban J connectivity index is 1.19. The Morgan fingerprint density at radius 1 is 0.931 bits per heavy atom. The second kappa shape index (κ2) is 27.6. The molecule has 3 aliphatic rings. The first kappa shape index (κ1) is 57.4. The van der Waals surface area contributed by atoms with E-state index in [0.29, 0.717) is 50.5 Å². The van der Waals surface area contributed by atoms with Gasteiger partial charge in [-0.2, -0.15) is 0 Å². The fourth-order valence-corrected chi connectivity index (χ4v) is 11.3. The first-order chi connectivity index (χ1) is 34.5. The SMILES string of the molecule is CC[C@H](C)[C@@H]([C@@H](CC(=O)N1CCCC1[C@H](OC)[C@@H](C)C(=O)NC(Cc1ccccc1)C(=O)OC)OC)N(C)C(=O)C(NC(=O)[C@@H]1[C@H]2CC[C@H](C2)N1CCCCCCOc1ccc(C=O)c([N+](=O)[O-])c1)C(C)C. The van der Waals surface area contributed by atoms with Crippen LogP contribution >= 0.6 is 0 Å². The van der Waals surface area contributed by atoms with Crippen LogP contribution in [0.15, 0.2) is 48.5 Å². The molecule has 0 radical (unpaired) electrons. The number of carbonyl (C=O) groups excluding carboxylic acids is 6. The molecular formula is C54H80N6O12. The monoisotopic (exact) mass is 1000 g/mol. The smallest absolute Gasteiger partial charge is 0.328 e. The van der Waals surface area contributed by atoms with Crippen LogP contribution in [0.4, 0.5) is 5.69 Å². The Kier molecular flexibility index (Phi) is 22.0. The van der Waals surface area contributed by atoms with E-state index >= 15 is 0 Å². The van der Waals surface area contributed by atoms with Crippen LogP contribution < -0.4 is 15.4 Å². The van der Waals surface area contributed by atoms with Gasteiger partial charge in [0.15, 0.2) is 6.29 Å². The number of nitro benzene ring substituents is 1. The summed E-state index contributed by atoms with van der Waals surface area (Å²) in [7, 11) is 6.09. The molecule has 2 aromatic carbocycles. The van der Waals surface area contributed by atoms with Crippen LogP contribution in [0.25, 0.3) is 0 Å². The lowest BCUT2D eigenvalue weighted by Gasteiger charge is -2.41. The van der Waals surface area contributed by atoms with E-state index < -0.39 is 59.1 Å². The van der Waals surface area contributed by atoms with E-state index in [-0.39, 0.29) is 65.6 Å². The van der Waals surface area contributed by atoms with Gasteiger partial charge in [-0.3, -0.25) is 39.0 Å². The first-order valence-corrected chi connectivity index (χ1v) is 26.0. The van der Waals surface area contributed by atoms with Crippen LogP contribution in [0.3, 0.4) is 0 Å². The van der Waals surface area contributed by atoms with Crippen molar-refractivity contribution in [3.05, 3.63) is 69.8 Å². The van der Waals surface area contributed by atoms with Gasteiger partial charge < -0.3 is 39.4 Å². The average molecular weight is 1010 g/mol. The molecule has 1 saturated carbocycles. The summed E-state index contributed by atoms with van der Waals surface area (Å²) in [5.74, 6) is -2.02. The number of ether oxygens (including phenoxy) is 4. The van der Waals surface area contributed by atoms with Crippen LogP contribution in [-0.2, 0) is 44.6 Å². The highest BCUT2D eigenvalue weighted by atomic mass is 16.6. The zero-order valence-corrected chi connectivity index (χ0v) is 43.9. The Labute approximate surface area is 425 Å². The number of unbranched alkanes of at least 4 members (excludes halogenated alkanes) is 3. The number of nitro groups is 1. The molecule has 18 heteroatoms. The molecule has 2 N–H and O–H groups in total. The van der Waals surface area contributed by atoms with Crippen molar-refractivity contribution in [3.8, 4) is 5.75 Å². The number of carbonyl (C=O) groups is 6. The summed E-state index contributed by atoms with van der Waals surface area (Å²) in [5.41, 5.74) is 0.578. The van der Waals surface area contributed by atoms with Crippen molar-refractivity contribution in [3.63, 3.8) is 0 Å². The molecule has 2 saturated heterocycles. The number of hydrogen-bond acceptors (Lipinski definition) is 13. The van der Waals surface area contributed by atoms with Gasteiger partial charge in [0.2, 0.25) is 23.6 Å². The third-order valence-corrected chi connectivity index (χ3v) is 15.5. The van der Waals surface area contributed by atoms with E-state index in [4.69, 9.17) is 18.9 Å². The average Bonchev–Trinajstić information content (AvgIpc) is 4.15. The minimum absolute atomic E-state index is 0.000909. The maximum atomic E-state index is 14.7. The van der Waals surface area contributed by atoms with Crippen LogP contribution in [0, 0.1) is 33.8 Å². The Morgan fingerprint density at radius 2 is 1.65 bits per heavy atom. The molecule has 2 bridgehead atoms. The third kappa shape index (κ3) is 14.4. The molecule has 3 fully saturated rings. The molecule has 5 rings (SSSR count).